The molecule has 0 radical (unpaired) electrons. The fraction of sp³-hybridized carbons (Fsp3) is 0.842. The number of hydrogen-bond acceptors (Lipinski definition) is 4. The van der Waals surface area contributed by atoms with Crippen molar-refractivity contribution in [1.29, 1.82) is 0 Å². The molecule has 0 unspecified atom stereocenters. The molecule has 24 heavy (non-hydrogen) atoms. The summed E-state index contributed by atoms with van der Waals surface area (Å²) >= 11 is 0. The topological polar surface area (TPSA) is 44.8 Å². The fourth-order valence-electron chi connectivity index (χ4n) is 3.07. The minimum Gasteiger partial charge on any atom is -0.458 e. The number of fused-ring (bicyclic) bond motifs is 1. The predicted molar refractivity (Wildman–Crippen MR) is 98.5 cm³/mol. The molecule has 1 aliphatic heterocycles. The van der Waals surface area contributed by atoms with Crippen LogP contribution < -0.4 is 0 Å². The Morgan fingerprint density at radius 3 is 2.33 bits per heavy atom. The Morgan fingerprint density at radius 2 is 1.79 bits per heavy atom. The van der Waals surface area contributed by atoms with Crippen LogP contribution >= 0.6 is 0 Å². The summed E-state index contributed by atoms with van der Waals surface area (Å²) in [6, 6.07) is 0. The van der Waals surface area contributed by atoms with Gasteiger partial charge in [-0.1, -0.05) is 20.8 Å². The lowest BCUT2D eigenvalue weighted by Crippen LogP contribution is -2.43. The van der Waals surface area contributed by atoms with Gasteiger partial charge in [-0.2, -0.15) is 0 Å². The van der Waals surface area contributed by atoms with Crippen molar-refractivity contribution in [2.24, 2.45) is 5.92 Å². The summed E-state index contributed by atoms with van der Waals surface area (Å²) < 4.78 is 17.8. The molecule has 0 N–H and O–H groups in total. The highest BCUT2D eigenvalue weighted by molar-refractivity contribution is 6.74. The normalized spacial score (nSPS) is 29.9. The third-order valence-corrected chi connectivity index (χ3v) is 9.98. The van der Waals surface area contributed by atoms with Gasteiger partial charge >= 0.3 is 5.97 Å². The third kappa shape index (κ3) is 4.49. The van der Waals surface area contributed by atoms with Crippen molar-refractivity contribution < 1.29 is 18.7 Å². The molecule has 4 nitrogen and oxygen atoms in total. The zero-order chi connectivity index (χ0) is 18.3. The van der Waals surface area contributed by atoms with Crippen LogP contribution in [0.15, 0.2) is 11.6 Å². The molecule has 2 fully saturated rings. The van der Waals surface area contributed by atoms with Gasteiger partial charge in [0, 0.05) is 24.0 Å². The van der Waals surface area contributed by atoms with Gasteiger partial charge in [-0.3, -0.25) is 0 Å². The lowest BCUT2D eigenvalue weighted by molar-refractivity contribution is -0.139. The van der Waals surface area contributed by atoms with Gasteiger partial charge in [-0.15, -0.1) is 0 Å². The van der Waals surface area contributed by atoms with Gasteiger partial charge in [-0.25, -0.2) is 4.79 Å². The van der Waals surface area contributed by atoms with Crippen molar-refractivity contribution in [3.63, 3.8) is 0 Å². The first-order chi connectivity index (χ1) is 10.8. The first-order valence-corrected chi connectivity index (χ1v) is 11.9. The van der Waals surface area contributed by atoms with E-state index in [1.54, 1.807) is 0 Å². The second kappa shape index (κ2) is 6.58. The third-order valence-electron chi connectivity index (χ3n) is 5.44. The molecule has 1 aliphatic carbocycles. The highest BCUT2D eigenvalue weighted by Crippen LogP contribution is 2.45. The van der Waals surface area contributed by atoms with E-state index in [9.17, 15) is 4.79 Å². The lowest BCUT2D eigenvalue weighted by Gasteiger charge is -2.38. The van der Waals surface area contributed by atoms with Crippen LogP contribution in [-0.2, 0) is 18.7 Å². The maximum Gasteiger partial charge on any atom is 0.334 e. The Bertz CT molecular complexity index is 510. The molecule has 0 spiro atoms. The number of carbonyl (C=O) groups excluding carboxylic acids is 1. The second-order valence-electron chi connectivity index (χ2n) is 9.60. The number of esters is 1. The molecule has 5 heteroatoms. The largest absolute Gasteiger partial charge is 0.458 e. The van der Waals surface area contributed by atoms with Gasteiger partial charge in [0.25, 0.3) is 0 Å². The van der Waals surface area contributed by atoms with E-state index in [-0.39, 0.29) is 34.7 Å². The first kappa shape index (κ1) is 19.7. The van der Waals surface area contributed by atoms with Gasteiger partial charge in [0.1, 0.15) is 6.10 Å². The minimum atomic E-state index is -1.79. The Kier molecular flexibility index (Phi) is 5.39. The van der Waals surface area contributed by atoms with Crippen LogP contribution in [0.5, 0.6) is 0 Å². The molecule has 3 atom stereocenters. The Labute approximate surface area is 148 Å². The number of carbonyl (C=O) groups is 1. The zero-order valence-electron chi connectivity index (χ0n) is 16.6. The average Bonchev–Trinajstić information content (AvgIpc) is 2.84. The number of hydrogen-bond donors (Lipinski definition) is 0. The molecular weight excluding hydrogens is 320 g/mol. The summed E-state index contributed by atoms with van der Waals surface area (Å²) in [4.78, 5) is 12.1. The van der Waals surface area contributed by atoms with Crippen molar-refractivity contribution in [2.45, 2.75) is 90.3 Å². The second-order valence-corrected chi connectivity index (χ2v) is 14.4. The quantitative estimate of drug-likeness (QED) is 0.425. The van der Waals surface area contributed by atoms with E-state index < -0.39 is 8.32 Å². The van der Waals surface area contributed by atoms with Crippen LogP contribution in [0.3, 0.4) is 0 Å². The maximum atomic E-state index is 12.1. The van der Waals surface area contributed by atoms with Gasteiger partial charge in [0.2, 0.25) is 0 Å². The molecule has 0 bridgehead atoms. The molecule has 0 aromatic heterocycles. The van der Waals surface area contributed by atoms with Crippen molar-refractivity contribution >= 4 is 14.3 Å². The average molecular weight is 355 g/mol. The molecule has 1 heterocycles. The molecule has 1 saturated carbocycles. The van der Waals surface area contributed by atoms with Crippen LogP contribution in [0.25, 0.3) is 0 Å². The summed E-state index contributed by atoms with van der Waals surface area (Å²) in [5.74, 6) is -0.0101. The fourth-order valence-corrected chi connectivity index (χ4v) is 4.45. The maximum absolute atomic E-state index is 12.1. The van der Waals surface area contributed by atoms with Crippen molar-refractivity contribution in [3.05, 3.63) is 11.6 Å². The van der Waals surface area contributed by atoms with E-state index in [2.05, 4.69) is 33.9 Å². The summed E-state index contributed by atoms with van der Waals surface area (Å²) in [7, 11) is -1.79. The SMILES string of the molecule is CC(C)(C)OCC=C1C(=O)O[C@H]2C[C@@H](O[Si](C)(C)C(C)(C)C)C[C@@H]12. The van der Waals surface area contributed by atoms with Gasteiger partial charge in [0.15, 0.2) is 8.32 Å². The monoisotopic (exact) mass is 354 g/mol. The standard InChI is InChI=1S/C19H34O4Si/c1-18(2,3)21-10-9-14-15-11-13(12-16(15)22-17(14)20)23-24(7,8)19(4,5)6/h9,13,15-16H,10-12H2,1-8H3/t13-,15-,16-/m0/s1. The molecule has 2 aliphatic rings. The zero-order valence-corrected chi connectivity index (χ0v) is 17.6. The van der Waals surface area contributed by atoms with E-state index in [1.807, 2.05) is 26.8 Å². The van der Waals surface area contributed by atoms with Crippen LogP contribution in [-0.4, -0.2) is 38.7 Å². The van der Waals surface area contributed by atoms with E-state index >= 15 is 0 Å². The van der Waals surface area contributed by atoms with E-state index in [0.717, 1.165) is 18.4 Å². The molecular formula is C19H34O4Si. The summed E-state index contributed by atoms with van der Waals surface area (Å²) in [5.41, 5.74) is 0.577. The highest BCUT2D eigenvalue weighted by atomic mass is 28.4. The summed E-state index contributed by atoms with van der Waals surface area (Å²) in [6.07, 6.45) is 3.78. The smallest absolute Gasteiger partial charge is 0.334 e. The Balaban J connectivity index is 2.00. The van der Waals surface area contributed by atoms with E-state index in [4.69, 9.17) is 13.9 Å². The van der Waals surface area contributed by atoms with E-state index in [0.29, 0.717) is 6.61 Å². The molecule has 1 saturated heterocycles. The van der Waals surface area contributed by atoms with Crippen LogP contribution in [0, 0.1) is 5.92 Å². The minimum absolute atomic E-state index is 0.0202. The summed E-state index contributed by atoms with van der Waals surface area (Å²) in [5, 5.41) is 0.195. The predicted octanol–water partition coefficient (Wildman–Crippen LogP) is 4.45. The molecule has 2 rings (SSSR count). The van der Waals surface area contributed by atoms with Crippen molar-refractivity contribution in [1.82, 2.24) is 0 Å². The number of ether oxygens (including phenoxy) is 2. The lowest BCUT2D eigenvalue weighted by atomic mass is 9.98. The van der Waals surface area contributed by atoms with Gasteiger partial charge < -0.3 is 13.9 Å². The number of rotatable bonds is 4. The van der Waals surface area contributed by atoms with Crippen molar-refractivity contribution in [2.75, 3.05) is 6.61 Å². The summed E-state index contributed by atoms with van der Waals surface area (Å²) in [6.45, 7) is 17.8. The van der Waals surface area contributed by atoms with Crippen LogP contribution in [0.4, 0.5) is 0 Å². The van der Waals surface area contributed by atoms with Gasteiger partial charge in [0.05, 0.1) is 12.2 Å². The molecule has 0 amide bonds. The van der Waals surface area contributed by atoms with E-state index in [1.165, 1.54) is 0 Å². The molecule has 0 aromatic rings. The molecule has 0 aromatic carbocycles. The Morgan fingerprint density at radius 1 is 1.17 bits per heavy atom. The Hall–Kier alpha value is -0.653. The van der Waals surface area contributed by atoms with Crippen LogP contribution in [0.1, 0.15) is 54.4 Å². The molecule has 138 valence electrons. The van der Waals surface area contributed by atoms with Gasteiger partial charge in [-0.05, 0) is 51.4 Å². The highest BCUT2D eigenvalue weighted by Gasteiger charge is 2.49. The van der Waals surface area contributed by atoms with Crippen LogP contribution in [0.2, 0.25) is 18.1 Å². The first-order valence-electron chi connectivity index (χ1n) is 9.03. The van der Waals surface area contributed by atoms with Crippen molar-refractivity contribution in [3.8, 4) is 0 Å².